The highest BCUT2D eigenvalue weighted by Gasteiger charge is 2.33. The van der Waals surface area contributed by atoms with Crippen LogP contribution in [0, 0.1) is 5.92 Å². The first-order valence-corrected chi connectivity index (χ1v) is 6.63. The van der Waals surface area contributed by atoms with Gasteiger partial charge in [0, 0.05) is 24.7 Å². The van der Waals surface area contributed by atoms with Gasteiger partial charge in [-0.05, 0) is 52.0 Å². The van der Waals surface area contributed by atoms with Crippen LogP contribution in [0.2, 0.25) is 0 Å². The lowest BCUT2D eigenvalue weighted by molar-refractivity contribution is 0.0784. The molecule has 2 rings (SSSR count). The fourth-order valence-electron chi connectivity index (χ4n) is 3.35. The summed E-state index contributed by atoms with van der Waals surface area (Å²) in [5.74, 6) is 0.912. The number of nitrogens with one attached hydrogen (secondary N) is 1. The van der Waals surface area contributed by atoms with Gasteiger partial charge in [-0.15, -0.1) is 0 Å². The predicted octanol–water partition coefficient (Wildman–Crippen LogP) is 2.25. The molecule has 2 nitrogen and oxygen atoms in total. The van der Waals surface area contributed by atoms with Crippen LogP contribution in [0.25, 0.3) is 0 Å². The van der Waals surface area contributed by atoms with E-state index < -0.39 is 0 Å². The third kappa shape index (κ3) is 2.54. The highest BCUT2D eigenvalue weighted by Crippen LogP contribution is 2.31. The molecule has 15 heavy (non-hydrogen) atoms. The van der Waals surface area contributed by atoms with Crippen molar-refractivity contribution in [2.24, 2.45) is 5.92 Å². The van der Waals surface area contributed by atoms with Crippen molar-refractivity contribution < 1.29 is 0 Å². The van der Waals surface area contributed by atoms with Gasteiger partial charge in [-0.1, -0.05) is 6.92 Å². The van der Waals surface area contributed by atoms with Gasteiger partial charge in [0.2, 0.25) is 0 Å². The smallest absolute Gasteiger partial charge is 0.0114 e. The summed E-state index contributed by atoms with van der Waals surface area (Å²) in [6, 6.07) is 2.46. The molecular formula is C13H26N2. The third-order valence-corrected chi connectivity index (χ3v) is 4.45. The Labute approximate surface area is 94.4 Å². The average molecular weight is 210 g/mol. The molecule has 0 amide bonds. The molecule has 2 fully saturated rings. The van der Waals surface area contributed by atoms with Gasteiger partial charge in [0.1, 0.15) is 0 Å². The van der Waals surface area contributed by atoms with E-state index in [2.05, 4.69) is 31.1 Å². The van der Waals surface area contributed by atoms with Gasteiger partial charge >= 0.3 is 0 Å². The molecular weight excluding hydrogens is 184 g/mol. The number of piperidine rings is 1. The molecule has 0 aromatic rings. The van der Waals surface area contributed by atoms with E-state index in [-0.39, 0.29) is 0 Å². The van der Waals surface area contributed by atoms with Crippen molar-refractivity contribution in [1.82, 2.24) is 10.2 Å². The zero-order valence-corrected chi connectivity index (χ0v) is 10.5. The van der Waals surface area contributed by atoms with Crippen molar-refractivity contribution in [3.63, 3.8) is 0 Å². The molecule has 88 valence electrons. The second-order valence-corrected chi connectivity index (χ2v) is 5.68. The summed E-state index contributed by atoms with van der Waals surface area (Å²) >= 11 is 0. The molecule has 0 bridgehead atoms. The first-order chi connectivity index (χ1) is 7.20. The van der Waals surface area contributed by atoms with Crippen molar-refractivity contribution in [1.29, 1.82) is 0 Å². The van der Waals surface area contributed by atoms with E-state index >= 15 is 0 Å². The fourth-order valence-corrected chi connectivity index (χ4v) is 3.35. The van der Waals surface area contributed by atoms with Gasteiger partial charge in [0.05, 0.1) is 0 Å². The SMILES string of the molecule is CNC1CCC(N2CC(C)CCC2C)C1. The summed E-state index contributed by atoms with van der Waals surface area (Å²) in [4.78, 5) is 2.78. The number of rotatable bonds is 2. The maximum absolute atomic E-state index is 3.43. The third-order valence-electron chi connectivity index (χ3n) is 4.45. The first-order valence-electron chi connectivity index (χ1n) is 6.63. The van der Waals surface area contributed by atoms with Crippen molar-refractivity contribution in [3.05, 3.63) is 0 Å². The van der Waals surface area contributed by atoms with Crippen LogP contribution in [-0.2, 0) is 0 Å². The van der Waals surface area contributed by atoms with Crippen LogP contribution in [0.1, 0.15) is 46.0 Å². The first kappa shape index (κ1) is 11.4. The molecule has 1 saturated heterocycles. The van der Waals surface area contributed by atoms with Gasteiger partial charge < -0.3 is 5.32 Å². The van der Waals surface area contributed by atoms with Crippen molar-refractivity contribution in [2.75, 3.05) is 13.6 Å². The zero-order valence-electron chi connectivity index (χ0n) is 10.5. The Kier molecular flexibility index (Phi) is 3.68. The van der Waals surface area contributed by atoms with Crippen molar-refractivity contribution in [3.8, 4) is 0 Å². The van der Waals surface area contributed by atoms with Crippen LogP contribution in [0.4, 0.5) is 0 Å². The van der Waals surface area contributed by atoms with Crippen LogP contribution in [-0.4, -0.2) is 36.6 Å². The van der Waals surface area contributed by atoms with Crippen LogP contribution in [0.3, 0.4) is 0 Å². The minimum Gasteiger partial charge on any atom is -0.317 e. The molecule has 1 saturated carbocycles. The minimum atomic E-state index is 0.777. The number of hydrogen-bond acceptors (Lipinski definition) is 2. The van der Waals surface area contributed by atoms with E-state index in [0.29, 0.717) is 0 Å². The predicted molar refractivity (Wildman–Crippen MR) is 65.1 cm³/mol. The van der Waals surface area contributed by atoms with Crippen molar-refractivity contribution >= 4 is 0 Å². The van der Waals surface area contributed by atoms with Gasteiger partial charge in [-0.25, -0.2) is 0 Å². The standard InChI is InChI=1S/C13H26N2/c1-10-4-5-11(2)15(9-10)13-7-6-12(8-13)14-3/h10-14H,4-9H2,1-3H3. The Bertz CT molecular complexity index is 205. The van der Waals surface area contributed by atoms with Crippen LogP contribution in [0.15, 0.2) is 0 Å². The quantitative estimate of drug-likeness (QED) is 0.752. The molecule has 1 aliphatic carbocycles. The van der Waals surface area contributed by atoms with Crippen LogP contribution >= 0.6 is 0 Å². The molecule has 0 aromatic carbocycles. The summed E-state index contributed by atoms with van der Waals surface area (Å²) in [7, 11) is 2.11. The summed E-state index contributed by atoms with van der Waals surface area (Å²) in [6.45, 7) is 6.16. The molecule has 0 spiro atoms. The van der Waals surface area contributed by atoms with Gasteiger partial charge in [-0.2, -0.15) is 0 Å². The monoisotopic (exact) mass is 210 g/mol. The van der Waals surface area contributed by atoms with Gasteiger partial charge in [0.25, 0.3) is 0 Å². The average Bonchev–Trinajstić information content (AvgIpc) is 2.70. The number of likely N-dealkylation sites (tertiary alicyclic amines) is 1. The molecule has 1 heterocycles. The summed E-state index contributed by atoms with van der Waals surface area (Å²) in [6.07, 6.45) is 6.98. The Balaban J connectivity index is 1.91. The lowest BCUT2D eigenvalue weighted by Crippen LogP contribution is -2.46. The fraction of sp³-hybridized carbons (Fsp3) is 1.00. The molecule has 4 unspecified atom stereocenters. The molecule has 1 N–H and O–H groups in total. The van der Waals surface area contributed by atoms with E-state index in [0.717, 1.165) is 24.0 Å². The lowest BCUT2D eigenvalue weighted by Gasteiger charge is -2.41. The largest absolute Gasteiger partial charge is 0.317 e. The minimum absolute atomic E-state index is 0.777. The Morgan fingerprint density at radius 2 is 1.87 bits per heavy atom. The van der Waals surface area contributed by atoms with Gasteiger partial charge in [0.15, 0.2) is 0 Å². The van der Waals surface area contributed by atoms with Crippen molar-refractivity contribution in [2.45, 2.75) is 64.1 Å². The Morgan fingerprint density at radius 1 is 1.07 bits per heavy atom. The highest BCUT2D eigenvalue weighted by molar-refractivity contribution is 4.90. The van der Waals surface area contributed by atoms with Crippen LogP contribution < -0.4 is 5.32 Å². The van der Waals surface area contributed by atoms with E-state index in [1.807, 2.05) is 0 Å². The summed E-state index contributed by atoms with van der Waals surface area (Å²) in [5.41, 5.74) is 0. The maximum atomic E-state index is 3.43. The lowest BCUT2D eigenvalue weighted by atomic mass is 9.93. The van der Waals surface area contributed by atoms with E-state index in [1.165, 1.54) is 38.6 Å². The second-order valence-electron chi connectivity index (χ2n) is 5.68. The van der Waals surface area contributed by atoms with E-state index in [1.54, 1.807) is 0 Å². The Morgan fingerprint density at radius 3 is 2.53 bits per heavy atom. The van der Waals surface area contributed by atoms with E-state index in [9.17, 15) is 0 Å². The number of nitrogens with zero attached hydrogens (tertiary/aromatic N) is 1. The maximum Gasteiger partial charge on any atom is 0.0114 e. The summed E-state index contributed by atoms with van der Waals surface area (Å²) in [5, 5.41) is 3.43. The van der Waals surface area contributed by atoms with Gasteiger partial charge in [-0.3, -0.25) is 4.90 Å². The molecule has 0 radical (unpaired) electrons. The molecule has 1 aliphatic heterocycles. The molecule has 4 atom stereocenters. The topological polar surface area (TPSA) is 15.3 Å². The molecule has 2 heteroatoms. The zero-order chi connectivity index (χ0) is 10.8. The highest BCUT2D eigenvalue weighted by atomic mass is 15.2. The second kappa shape index (κ2) is 4.84. The van der Waals surface area contributed by atoms with Crippen LogP contribution in [0.5, 0.6) is 0 Å². The molecule has 2 aliphatic rings. The normalized spacial score (nSPS) is 43.4. The Hall–Kier alpha value is -0.0800. The summed E-state index contributed by atoms with van der Waals surface area (Å²) < 4.78 is 0. The molecule has 0 aromatic heterocycles. The van der Waals surface area contributed by atoms with E-state index in [4.69, 9.17) is 0 Å². The number of hydrogen-bond donors (Lipinski definition) is 1.